The maximum atomic E-state index is 5.42. The van der Waals surface area contributed by atoms with E-state index in [9.17, 15) is 0 Å². The minimum atomic E-state index is 0.518. The van der Waals surface area contributed by atoms with Gasteiger partial charge in [0.25, 0.3) is 0 Å². The maximum Gasteiger partial charge on any atom is 0.154 e. The number of nitrogens with zero attached hydrogens (tertiary/aromatic N) is 2. The first-order valence-corrected chi connectivity index (χ1v) is 7.42. The number of ether oxygens (including phenoxy) is 1. The molecule has 0 amide bonds. The number of hydrogen-bond acceptors (Lipinski definition) is 4. The molecule has 1 heterocycles. The molecule has 1 aromatic rings. The van der Waals surface area contributed by atoms with Gasteiger partial charge in [0.1, 0.15) is 6.61 Å². The Bertz CT molecular complexity index is 355. The summed E-state index contributed by atoms with van der Waals surface area (Å²) in [5, 5.41) is 3.37. The lowest BCUT2D eigenvalue weighted by Crippen LogP contribution is -2.19. The summed E-state index contributed by atoms with van der Waals surface area (Å²) < 4.78 is 5.42. The summed E-state index contributed by atoms with van der Waals surface area (Å²) in [6, 6.07) is 0. The second kappa shape index (κ2) is 8.99. The highest BCUT2D eigenvalue weighted by Crippen LogP contribution is 2.14. The van der Waals surface area contributed by atoms with E-state index in [-0.39, 0.29) is 0 Å². The van der Waals surface area contributed by atoms with Crippen LogP contribution in [0.3, 0.4) is 0 Å². The van der Waals surface area contributed by atoms with E-state index in [1.165, 1.54) is 17.0 Å². The highest BCUT2D eigenvalue weighted by Gasteiger charge is 2.11. The van der Waals surface area contributed by atoms with Gasteiger partial charge < -0.3 is 10.1 Å². The zero-order valence-corrected chi connectivity index (χ0v) is 12.8. The molecule has 0 bridgehead atoms. The van der Waals surface area contributed by atoms with E-state index >= 15 is 0 Å². The number of rotatable bonds is 9. The van der Waals surface area contributed by atoms with Gasteiger partial charge in [-0.25, -0.2) is 9.97 Å². The van der Waals surface area contributed by atoms with Crippen molar-refractivity contribution >= 4 is 0 Å². The minimum absolute atomic E-state index is 0.518. The summed E-state index contributed by atoms with van der Waals surface area (Å²) in [5.74, 6) is 0.822. The van der Waals surface area contributed by atoms with Gasteiger partial charge in [-0.05, 0) is 44.8 Å². The predicted octanol–water partition coefficient (Wildman–Crippen LogP) is 2.29. The Labute approximate surface area is 117 Å². The van der Waals surface area contributed by atoms with Crippen molar-refractivity contribution < 1.29 is 4.74 Å². The van der Waals surface area contributed by atoms with Crippen molar-refractivity contribution in [1.82, 2.24) is 15.3 Å². The average molecular weight is 265 g/mol. The number of nitrogens with one attached hydrogen (secondary N) is 1. The number of likely N-dealkylation sites (N-methyl/N-ethyl adjacent to an activating group) is 1. The van der Waals surface area contributed by atoms with Crippen LogP contribution in [-0.2, 0) is 30.6 Å². The van der Waals surface area contributed by atoms with Gasteiger partial charge in [0.15, 0.2) is 5.82 Å². The monoisotopic (exact) mass is 265 g/mol. The van der Waals surface area contributed by atoms with Crippen molar-refractivity contribution in [3.05, 3.63) is 22.8 Å². The van der Waals surface area contributed by atoms with Gasteiger partial charge in [-0.2, -0.15) is 0 Å². The summed E-state index contributed by atoms with van der Waals surface area (Å²) in [6.07, 6.45) is 2.92. The van der Waals surface area contributed by atoms with Crippen LogP contribution in [0.2, 0.25) is 0 Å². The van der Waals surface area contributed by atoms with Gasteiger partial charge >= 0.3 is 0 Å². The number of aryl methyl sites for hydroxylation is 2. The van der Waals surface area contributed by atoms with Crippen molar-refractivity contribution in [3.8, 4) is 0 Å². The van der Waals surface area contributed by atoms with Crippen LogP contribution in [0.4, 0.5) is 0 Å². The quantitative estimate of drug-likeness (QED) is 0.696. The molecule has 1 aromatic heterocycles. The lowest BCUT2D eigenvalue weighted by Gasteiger charge is -2.14. The first kappa shape index (κ1) is 16.1. The topological polar surface area (TPSA) is 47.0 Å². The molecular weight excluding hydrogens is 238 g/mol. The molecule has 0 unspecified atom stereocenters. The minimum Gasteiger partial charge on any atom is -0.374 e. The standard InChI is InChI=1S/C15H27N3O/c1-5-13-12(9-10-16-7-3)14(6-2)18-15(17-13)11-19-8-4/h16H,5-11H2,1-4H3. The Morgan fingerprint density at radius 3 is 2.11 bits per heavy atom. The van der Waals surface area contributed by atoms with Gasteiger partial charge in [0.2, 0.25) is 0 Å². The molecule has 19 heavy (non-hydrogen) atoms. The van der Waals surface area contributed by atoms with Crippen molar-refractivity contribution in [2.24, 2.45) is 0 Å². The lowest BCUT2D eigenvalue weighted by atomic mass is 10.0. The Kier molecular flexibility index (Phi) is 7.60. The second-order valence-electron chi connectivity index (χ2n) is 4.46. The SMILES string of the molecule is CCNCCc1c(CC)nc(COCC)nc1CC. The second-order valence-corrected chi connectivity index (χ2v) is 4.46. The largest absolute Gasteiger partial charge is 0.374 e. The molecule has 0 aliphatic rings. The van der Waals surface area contributed by atoms with Crippen LogP contribution in [0.1, 0.15) is 50.5 Å². The first-order valence-electron chi connectivity index (χ1n) is 7.42. The fraction of sp³-hybridized carbons (Fsp3) is 0.733. The third kappa shape index (κ3) is 4.88. The smallest absolute Gasteiger partial charge is 0.154 e. The van der Waals surface area contributed by atoms with Gasteiger partial charge in [-0.3, -0.25) is 0 Å². The van der Waals surface area contributed by atoms with E-state index in [0.29, 0.717) is 13.2 Å². The molecule has 0 aliphatic carbocycles. The van der Waals surface area contributed by atoms with Crippen LogP contribution >= 0.6 is 0 Å². The molecule has 1 N–H and O–H groups in total. The van der Waals surface area contributed by atoms with Crippen LogP contribution in [0, 0.1) is 0 Å². The highest BCUT2D eigenvalue weighted by molar-refractivity contribution is 5.27. The zero-order chi connectivity index (χ0) is 14.1. The number of aromatic nitrogens is 2. The Balaban J connectivity index is 2.93. The third-order valence-corrected chi connectivity index (χ3v) is 3.13. The molecule has 0 atom stereocenters. The summed E-state index contributed by atoms with van der Waals surface area (Å²) >= 11 is 0. The van der Waals surface area contributed by atoms with Crippen molar-refractivity contribution in [2.75, 3.05) is 19.7 Å². The normalized spacial score (nSPS) is 10.9. The van der Waals surface area contributed by atoms with Crippen molar-refractivity contribution in [2.45, 2.75) is 53.6 Å². The Morgan fingerprint density at radius 1 is 1.00 bits per heavy atom. The molecule has 0 radical (unpaired) electrons. The van der Waals surface area contributed by atoms with Crippen molar-refractivity contribution in [3.63, 3.8) is 0 Å². The molecular formula is C15H27N3O. The predicted molar refractivity (Wildman–Crippen MR) is 78.4 cm³/mol. The molecule has 4 nitrogen and oxygen atoms in total. The molecule has 0 spiro atoms. The summed E-state index contributed by atoms with van der Waals surface area (Å²) in [5.41, 5.74) is 3.69. The van der Waals surface area contributed by atoms with Gasteiger partial charge in [0, 0.05) is 18.0 Å². The van der Waals surface area contributed by atoms with Crippen LogP contribution in [-0.4, -0.2) is 29.7 Å². The van der Waals surface area contributed by atoms with Crippen LogP contribution in [0.25, 0.3) is 0 Å². The summed E-state index contributed by atoms with van der Waals surface area (Å²) in [7, 11) is 0. The molecule has 0 saturated heterocycles. The van der Waals surface area contributed by atoms with E-state index in [1.807, 2.05) is 6.92 Å². The molecule has 108 valence electrons. The molecule has 0 aromatic carbocycles. The van der Waals surface area contributed by atoms with Gasteiger partial charge in [-0.1, -0.05) is 20.8 Å². The fourth-order valence-electron chi connectivity index (χ4n) is 2.16. The fourth-order valence-corrected chi connectivity index (χ4v) is 2.16. The molecule has 0 saturated carbocycles. The van der Waals surface area contributed by atoms with E-state index < -0.39 is 0 Å². The van der Waals surface area contributed by atoms with Crippen LogP contribution in [0.5, 0.6) is 0 Å². The number of hydrogen-bond donors (Lipinski definition) is 1. The van der Waals surface area contributed by atoms with E-state index in [2.05, 4.69) is 36.1 Å². The summed E-state index contributed by atoms with van der Waals surface area (Å²) in [6.45, 7) is 11.6. The van der Waals surface area contributed by atoms with Crippen molar-refractivity contribution in [1.29, 1.82) is 0 Å². The first-order chi connectivity index (χ1) is 9.26. The van der Waals surface area contributed by atoms with Crippen LogP contribution < -0.4 is 5.32 Å². The Morgan fingerprint density at radius 2 is 1.63 bits per heavy atom. The summed E-state index contributed by atoms with van der Waals surface area (Å²) in [4.78, 5) is 9.30. The molecule has 4 heteroatoms. The lowest BCUT2D eigenvalue weighted by molar-refractivity contribution is 0.128. The molecule has 0 fully saturated rings. The van der Waals surface area contributed by atoms with Gasteiger partial charge in [-0.15, -0.1) is 0 Å². The third-order valence-electron chi connectivity index (χ3n) is 3.13. The zero-order valence-electron chi connectivity index (χ0n) is 12.8. The average Bonchev–Trinajstić information content (AvgIpc) is 2.45. The van der Waals surface area contributed by atoms with E-state index in [1.54, 1.807) is 0 Å². The van der Waals surface area contributed by atoms with Crippen LogP contribution in [0.15, 0.2) is 0 Å². The van der Waals surface area contributed by atoms with E-state index in [4.69, 9.17) is 4.74 Å². The Hall–Kier alpha value is -1.00. The van der Waals surface area contributed by atoms with E-state index in [0.717, 1.165) is 38.2 Å². The highest BCUT2D eigenvalue weighted by atomic mass is 16.5. The maximum absolute atomic E-state index is 5.42. The molecule has 1 rings (SSSR count). The molecule has 0 aliphatic heterocycles. The van der Waals surface area contributed by atoms with Gasteiger partial charge in [0.05, 0.1) is 0 Å².